The van der Waals surface area contributed by atoms with Gasteiger partial charge in [0, 0.05) is 31.3 Å². The highest BCUT2D eigenvalue weighted by molar-refractivity contribution is 6.05. The van der Waals surface area contributed by atoms with Gasteiger partial charge in [-0.2, -0.15) is 0 Å². The number of amides is 3. The summed E-state index contributed by atoms with van der Waals surface area (Å²) in [5.41, 5.74) is 1.90. The standard InChI is InChI=1S/C27H31N5O4/c1-19-25(27(36)32(30(19)2)22-13-6-5-7-14-22)29-26(35)20-11-10-12-21(17-20)28-23(33)18-31-16-9-4-3-8-15-24(31)34/h5-7,10-14,17H,3-4,8-9,15-16,18H2,1-2H3,(H,28,33)(H,29,35). The maximum absolute atomic E-state index is 13.1. The number of nitrogens with one attached hydrogen (secondary N) is 2. The minimum absolute atomic E-state index is 0.00244. The Kier molecular flexibility index (Phi) is 7.68. The number of carbonyl (C=O) groups is 3. The highest BCUT2D eigenvalue weighted by atomic mass is 16.2. The van der Waals surface area contributed by atoms with Crippen LogP contribution in [0.15, 0.2) is 59.4 Å². The molecule has 36 heavy (non-hydrogen) atoms. The van der Waals surface area contributed by atoms with E-state index in [1.165, 1.54) is 4.68 Å². The van der Waals surface area contributed by atoms with Crippen molar-refractivity contribution in [2.45, 2.75) is 39.0 Å². The fourth-order valence-electron chi connectivity index (χ4n) is 4.39. The van der Waals surface area contributed by atoms with Gasteiger partial charge in [-0.05, 0) is 50.1 Å². The molecular formula is C27H31N5O4. The highest BCUT2D eigenvalue weighted by Gasteiger charge is 2.20. The molecule has 4 rings (SSSR count). The lowest BCUT2D eigenvalue weighted by Gasteiger charge is -2.24. The number of nitrogens with zero attached hydrogens (tertiary/aromatic N) is 3. The number of likely N-dealkylation sites (tertiary alicyclic amines) is 1. The number of anilines is 2. The maximum Gasteiger partial charge on any atom is 0.295 e. The number of para-hydroxylation sites is 1. The number of aromatic nitrogens is 2. The first-order valence-electron chi connectivity index (χ1n) is 12.2. The van der Waals surface area contributed by atoms with Crippen LogP contribution >= 0.6 is 0 Å². The van der Waals surface area contributed by atoms with E-state index < -0.39 is 5.91 Å². The predicted octanol–water partition coefficient (Wildman–Crippen LogP) is 3.47. The number of hydrogen-bond acceptors (Lipinski definition) is 4. The summed E-state index contributed by atoms with van der Waals surface area (Å²) in [6, 6.07) is 15.7. The summed E-state index contributed by atoms with van der Waals surface area (Å²) in [7, 11) is 1.76. The Morgan fingerprint density at radius 3 is 2.44 bits per heavy atom. The predicted molar refractivity (Wildman–Crippen MR) is 138 cm³/mol. The van der Waals surface area contributed by atoms with Gasteiger partial charge < -0.3 is 15.5 Å². The SMILES string of the molecule is Cc1c(NC(=O)c2cccc(NC(=O)CN3CCCCCCC3=O)c2)c(=O)n(-c2ccccc2)n1C. The van der Waals surface area contributed by atoms with Gasteiger partial charge in [-0.25, -0.2) is 4.68 Å². The molecule has 0 aliphatic carbocycles. The molecule has 2 aromatic carbocycles. The zero-order valence-electron chi connectivity index (χ0n) is 20.6. The molecule has 188 valence electrons. The van der Waals surface area contributed by atoms with Crippen molar-refractivity contribution in [3.8, 4) is 5.69 Å². The third-order valence-corrected chi connectivity index (χ3v) is 6.46. The van der Waals surface area contributed by atoms with E-state index in [1.807, 2.05) is 30.3 Å². The molecule has 1 saturated heterocycles. The van der Waals surface area contributed by atoms with E-state index in [0.29, 0.717) is 35.6 Å². The number of benzene rings is 2. The summed E-state index contributed by atoms with van der Waals surface area (Å²) >= 11 is 0. The fraction of sp³-hybridized carbons (Fsp3) is 0.333. The summed E-state index contributed by atoms with van der Waals surface area (Å²) in [6.45, 7) is 2.32. The monoisotopic (exact) mass is 489 g/mol. The molecule has 2 N–H and O–H groups in total. The van der Waals surface area contributed by atoms with E-state index in [1.54, 1.807) is 47.8 Å². The zero-order valence-corrected chi connectivity index (χ0v) is 20.6. The molecule has 0 unspecified atom stereocenters. The molecular weight excluding hydrogens is 458 g/mol. The average Bonchev–Trinajstić information content (AvgIpc) is 3.07. The molecule has 1 fully saturated rings. The average molecular weight is 490 g/mol. The van der Waals surface area contributed by atoms with E-state index in [4.69, 9.17) is 0 Å². The van der Waals surface area contributed by atoms with Crippen LogP contribution in [0.2, 0.25) is 0 Å². The van der Waals surface area contributed by atoms with Crippen molar-refractivity contribution in [2.24, 2.45) is 7.05 Å². The summed E-state index contributed by atoms with van der Waals surface area (Å²) in [5.74, 6) is -0.778. The Bertz CT molecular complexity index is 1330. The van der Waals surface area contributed by atoms with Gasteiger partial charge in [0.2, 0.25) is 11.8 Å². The molecule has 0 bridgehead atoms. The van der Waals surface area contributed by atoms with E-state index in [2.05, 4.69) is 10.6 Å². The zero-order chi connectivity index (χ0) is 25.7. The minimum Gasteiger partial charge on any atom is -0.333 e. The van der Waals surface area contributed by atoms with Gasteiger partial charge in [0.1, 0.15) is 5.69 Å². The lowest BCUT2D eigenvalue weighted by molar-refractivity contribution is -0.135. The summed E-state index contributed by atoms with van der Waals surface area (Å²) in [5, 5.41) is 5.51. The Morgan fingerprint density at radius 2 is 1.67 bits per heavy atom. The first-order chi connectivity index (χ1) is 17.3. The van der Waals surface area contributed by atoms with Gasteiger partial charge in [-0.3, -0.25) is 23.9 Å². The first-order valence-corrected chi connectivity index (χ1v) is 12.2. The van der Waals surface area contributed by atoms with Crippen molar-refractivity contribution in [3.63, 3.8) is 0 Å². The number of carbonyl (C=O) groups excluding carboxylic acids is 3. The van der Waals surface area contributed by atoms with Gasteiger partial charge >= 0.3 is 0 Å². The van der Waals surface area contributed by atoms with Crippen LogP contribution in [0.1, 0.15) is 48.2 Å². The van der Waals surface area contributed by atoms with Crippen LogP contribution in [0.4, 0.5) is 11.4 Å². The second-order valence-corrected chi connectivity index (χ2v) is 9.00. The van der Waals surface area contributed by atoms with Crippen LogP contribution in [0.5, 0.6) is 0 Å². The molecule has 3 aromatic rings. The molecule has 0 atom stereocenters. The Hall–Kier alpha value is -4.14. The fourth-order valence-corrected chi connectivity index (χ4v) is 4.39. The summed E-state index contributed by atoms with van der Waals surface area (Å²) < 4.78 is 3.18. The van der Waals surface area contributed by atoms with E-state index in [-0.39, 0.29) is 29.6 Å². The molecule has 3 amide bonds. The molecule has 1 aliphatic heterocycles. The molecule has 1 aliphatic rings. The third kappa shape index (κ3) is 5.56. The van der Waals surface area contributed by atoms with Crippen molar-refractivity contribution in [2.75, 3.05) is 23.7 Å². The maximum atomic E-state index is 13.1. The van der Waals surface area contributed by atoms with E-state index in [0.717, 1.165) is 25.7 Å². The lowest BCUT2D eigenvalue weighted by Crippen LogP contribution is -2.39. The van der Waals surface area contributed by atoms with Crippen molar-refractivity contribution >= 4 is 29.1 Å². The molecule has 0 radical (unpaired) electrons. The van der Waals surface area contributed by atoms with Crippen LogP contribution in [0, 0.1) is 6.92 Å². The van der Waals surface area contributed by atoms with Crippen LogP contribution in [0.3, 0.4) is 0 Å². The third-order valence-electron chi connectivity index (χ3n) is 6.46. The quantitative estimate of drug-likeness (QED) is 0.553. The minimum atomic E-state index is -0.462. The summed E-state index contributed by atoms with van der Waals surface area (Å²) in [6.07, 6.45) is 4.31. The molecule has 0 spiro atoms. The Morgan fingerprint density at radius 1 is 0.917 bits per heavy atom. The normalized spacial score (nSPS) is 14.2. The lowest BCUT2D eigenvalue weighted by atomic mass is 10.1. The number of rotatable bonds is 6. The first kappa shape index (κ1) is 25.0. The van der Waals surface area contributed by atoms with Crippen LogP contribution < -0.4 is 16.2 Å². The van der Waals surface area contributed by atoms with Gasteiger partial charge in [-0.1, -0.05) is 37.1 Å². The summed E-state index contributed by atoms with van der Waals surface area (Å²) in [4.78, 5) is 52.6. The second-order valence-electron chi connectivity index (χ2n) is 9.00. The smallest absolute Gasteiger partial charge is 0.295 e. The van der Waals surface area contributed by atoms with Gasteiger partial charge in [0.05, 0.1) is 17.9 Å². The molecule has 9 nitrogen and oxygen atoms in total. The topological polar surface area (TPSA) is 105 Å². The van der Waals surface area contributed by atoms with Crippen molar-refractivity contribution in [1.29, 1.82) is 0 Å². The van der Waals surface area contributed by atoms with E-state index >= 15 is 0 Å². The van der Waals surface area contributed by atoms with Crippen molar-refractivity contribution in [1.82, 2.24) is 14.3 Å². The van der Waals surface area contributed by atoms with Gasteiger partial charge in [0.25, 0.3) is 11.5 Å². The largest absolute Gasteiger partial charge is 0.333 e. The van der Waals surface area contributed by atoms with Crippen molar-refractivity contribution < 1.29 is 14.4 Å². The second kappa shape index (κ2) is 11.1. The number of hydrogen-bond donors (Lipinski definition) is 2. The van der Waals surface area contributed by atoms with Crippen LogP contribution in [-0.2, 0) is 16.6 Å². The molecule has 9 heteroatoms. The van der Waals surface area contributed by atoms with Crippen LogP contribution in [-0.4, -0.2) is 45.1 Å². The van der Waals surface area contributed by atoms with Gasteiger partial charge in [-0.15, -0.1) is 0 Å². The van der Waals surface area contributed by atoms with Gasteiger partial charge in [0.15, 0.2) is 0 Å². The Labute approximate surface area is 209 Å². The molecule has 2 heterocycles. The van der Waals surface area contributed by atoms with Crippen molar-refractivity contribution in [3.05, 3.63) is 76.2 Å². The van der Waals surface area contributed by atoms with E-state index in [9.17, 15) is 19.2 Å². The highest BCUT2D eigenvalue weighted by Crippen LogP contribution is 2.17. The molecule has 1 aromatic heterocycles. The van der Waals surface area contributed by atoms with Crippen LogP contribution in [0.25, 0.3) is 5.69 Å². The Balaban J connectivity index is 1.46. The molecule has 0 saturated carbocycles.